The van der Waals surface area contributed by atoms with Crippen molar-refractivity contribution in [2.75, 3.05) is 6.67 Å². The van der Waals surface area contributed by atoms with Crippen molar-refractivity contribution >= 4 is 34.8 Å². The second-order valence-corrected chi connectivity index (χ2v) is 3.44. The molecule has 0 bridgehead atoms. The Labute approximate surface area is 80.5 Å². The summed E-state index contributed by atoms with van der Waals surface area (Å²) < 4.78 is 47.8. The maximum atomic E-state index is 12.3. The lowest BCUT2D eigenvalue weighted by atomic mass is 10.7. The Morgan fingerprint density at radius 1 is 1.25 bits per heavy atom. The fraction of sp³-hybridized carbons (Fsp3) is 1.00. The molecule has 0 aliphatic rings. The lowest BCUT2D eigenvalue weighted by Gasteiger charge is -2.21. The standard InChI is InChI=1S/C4H3Cl3F4O/c5-2(4(6,7)11)12-3(9,10)1-8/h2H,1H2. The van der Waals surface area contributed by atoms with Crippen LogP contribution in [0, 0.1) is 0 Å². The molecule has 0 saturated carbocycles. The molecule has 0 aromatic heterocycles. The monoisotopic (exact) mass is 248 g/mol. The molecular weight excluding hydrogens is 246 g/mol. The molecule has 0 radical (unpaired) electrons. The second kappa shape index (κ2) is 4.17. The molecule has 1 atom stereocenters. The van der Waals surface area contributed by atoms with E-state index in [0.717, 1.165) is 0 Å². The lowest BCUT2D eigenvalue weighted by Crippen LogP contribution is -2.34. The Morgan fingerprint density at radius 3 is 1.92 bits per heavy atom. The molecule has 0 amide bonds. The van der Waals surface area contributed by atoms with Gasteiger partial charge in [-0.15, -0.1) is 0 Å². The molecule has 1 unspecified atom stereocenters. The van der Waals surface area contributed by atoms with Crippen LogP contribution in [0.25, 0.3) is 0 Å². The minimum Gasteiger partial charge on any atom is -0.293 e. The summed E-state index contributed by atoms with van der Waals surface area (Å²) >= 11 is 14.1. The molecule has 12 heavy (non-hydrogen) atoms. The Hall–Kier alpha value is 0.550. The summed E-state index contributed by atoms with van der Waals surface area (Å²) in [5.74, 6) is 0. The SMILES string of the molecule is FCC(F)(F)OC(Cl)C(F)(Cl)Cl. The van der Waals surface area contributed by atoms with Gasteiger partial charge in [-0.1, -0.05) is 34.8 Å². The number of rotatable bonds is 4. The van der Waals surface area contributed by atoms with Gasteiger partial charge < -0.3 is 0 Å². The second-order valence-electron chi connectivity index (χ2n) is 1.75. The third-order valence-corrected chi connectivity index (χ3v) is 1.70. The Kier molecular flexibility index (Phi) is 4.37. The summed E-state index contributed by atoms with van der Waals surface area (Å²) in [5.41, 5.74) is -2.34. The molecular formula is C4H3Cl3F4O. The maximum Gasteiger partial charge on any atom is 0.385 e. The third kappa shape index (κ3) is 4.54. The smallest absolute Gasteiger partial charge is 0.293 e. The van der Waals surface area contributed by atoms with E-state index in [9.17, 15) is 17.6 Å². The van der Waals surface area contributed by atoms with Crippen LogP contribution < -0.4 is 0 Å². The molecule has 8 heteroatoms. The van der Waals surface area contributed by atoms with Crippen LogP contribution in [0.5, 0.6) is 0 Å². The summed E-state index contributed by atoms with van der Waals surface area (Å²) in [6.45, 7) is -2.14. The van der Waals surface area contributed by atoms with E-state index in [4.69, 9.17) is 11.6 Å². The van der Waals surface area contributed by atoms with Crippen molar-refractivity contribution < 1.29 is 22.3 Å². The normalized spacial score (nSPS) is 16.2. The van der Waals surface area contributed by atoms with Crippen molar-refractivity contribution in [1.29, 1.82) is 0 Å². The van der Waals surface area contributed by atoms with Gasteiger partial charge in [-0.25, -0.2) is 8.78 Å². The van der Waals surface area contributed by atoms with Crippen LogP contribution >= 0.6 is 34.8 Å². The number of halogens is 7. The minimum absolute atomic E-state index is 2.14. The van der Waals surface area contributed by atoms with Crippen LogP contribution in [0.15, 0.2) is 0 Å². The van der Waals surface area contributed by atoms with Gasteiger partial charge >= 0.3 is 6.11 Å². The molecule has 0 aliphatic heterocycles. The highest BCUT2D eigenvalue weighted by Gasteiger charge is 2.43. The van der Waals surface area contributed by atoms with Crippen LogP contribution in [0.3, 0.4) is 0 Å². The predicted octanol–water partition coefficient (Wildman–Crippen LogP) is 3.23. The molecule has 0 N–H and O–H groups in total. The van der Waals surface area contributed by atoms with Crippen LogP contribution in [-0.4, -0.2) is 22.9 Å². The molecule has 0 aromatic rings. The van der Waals surface area contributed by atoms with Crippen LogP contribution in [-0.2, 0) is 4.74 Å². The minimum atomic E-state index is -4.19. The van der Waals surface area contributed by atoms with Gasteiger partial charge in [0.05, 0.1) is 0 Å². The lowest BCUT2D eigenvalue weighted by molar-refractivity contribution is -0.260. The largest absolute Gasteiger partial charge is 0.385 e. The molecule has 0 saturated heterocycles. The van der Waals surface area contributed by atoms with Crippen molar-refractivity contribution in [3.8, 4) is 0 Å². The highest BCUT2D eigenvalue weighted by atomic mass is 35.5. The Morgan fingerprint density at radius 2 is 1.67 bits per heavy atom. The van der Waals surface area contributed by atoms with E-state index in [-0.39, 0.29) is 0 Å². The van der Waals surface area contributed by atoms with Gasteiger partial charge in [0.25, 0.3) is 4.59 Å². The van der Waals surface area contributed by atoms with Gasteiger partial charge in [-0.05, 0) is 0 Å². The first kappa shape index (κ1) is 12.6. The summed E-state index contributed by atoms with van der Waals surface area (Å²) in [4.78, 5) is 0. The van der Waals surface area contributed by atoms with E-state index in [1.807, 2.05) is 0 Å². The number of hydrogen-bond donors (Lipinski definition) is 0. The molecule has 0 rings (SSSR count). The zero-order valence-corrected chi connectivity index (χ0v) is 7.61. The summed E-state index contributed by atoms with van der Waals surface area (Å²) in [7, 11) is 0. The van der Waals surface area contributed by atoms with Gasteiger partial charge in [0, 0.05) is 0 Å². The van der Waals surface area contributed by atoms with Gasteiger partial charge in [0.1, 0.15) is 0 Å². The molecule has 1 nitrogen and oxygen atoms in total. The van der Waals surface area contributed by atoms with E-state index in [2.05, 4.69) is 27.9 Å². The number of hydrogen-bond acceptors (Lipinski definition) is 1. The van der Waals surface area contributed by atoms with Crippen molar-refractivity contribution in [1.82, 2.24) is 0 Å². The maximum absolute atomic E-state index is 12.3. The van der Waals surface area contributed by atoms with Crippen molar-refractivity contribution in [2.45, 2.75) is 16.3 Å². The molecule has 74 valence electrons. The van der Waals surface area contributed by atoms with Crippen molar-refractivity contribution in [2.24, 2.45) is 0 Å². The van der Waals surface area contributed by atoms with Gasteiger partial charge in [0.2, 0.25) is 0 Å². The molecule has 0 fully saturated rings. The first-order valence-electron chi connectivity index (χ1n) is 2.51. The molecule has 0 spiro atoms. The molecule has 0 heterocycles. The van der Waals surface area contributed by atoms with Crippen molar-refractivity contribution in [3.63, 3.8) is 0 Å². The number of ether oxygens (including phenoxy) is 1. The quantitative estimate of drug-likeness (QED) is 0.549. The van der Waals surface area contributed by atoms with E-state index in [0.29, 0.717) is 0 Å². The topological polar surface area (TPSA) is 9.23 Å². The van der Waals surface area contributed by atoms with E-state index >= 15 is 0 Å². The Balaban J connectivity index is 4.09. The van der Waals surface area contributed by atoms with Gasteiger partial charge in [-0.3, -0.25) is 4.74 Å². The highest BCUT2D eigenvalue weighted by Crippen LogP contribution is 2.35. The van der Waals surface area contributed by atoms with Crippen molar-refractivity contribution in [3.05, 3.63) is 0 Å². The highest BCUT2D eigenvalue weighted by molar-refractivity contribution is 6.50. The fourth-order valence-electron chi connectivity index (χ4n) is 0.250. The summed E-state index contributed by atoms with van der Waals surface area (Å²) in [5, 5.41) is 0. The van der Waals surface area contributed by atoms with Gasteiger partial charge in [0.15, 0.2) is 12.2 Å². The van der Waals surface area contributed by atoms with Crippen LogP contribution in [0.1, 0.15) is 0 Å². The average molecular weight is 249 g/mol. The Bertz CT molecular complexity index is 148. The summed E-state index contributed by atoms with van der Waals surface area (Å²) in [6.07, 6.45) is -4.19. The zero-order valence-electron chi connectivity index (χ0n) is 5.34. The molecule has 0 aliphatic carbocycles. The predicted molar refractivity (Wildman–Crippen MR) is 37.2 cm³/mol. The van der Waals surface area contributed by atoms with Crippen LogP contribution in [0.2, 0.25) is 0 Å². The third-order valence-electron chi connectivity index (χ3n) is 0.689. The number of alkyl halides is 7. The van der Waals surface area contributed by atoms with E-state index < -0.39 is 22.9 Å². The van der Waals surface area contributed by atoms with E-state index in [1.54, 1.807) is 0 Å². The summed E-state index contributed by atoms with van der Waals surface area (Å²) in [6, 6.07) is 0. The van der Waals surface area contributed by atoms with E-state index in [1.165, 1.54) is 0 Å². The first-order chi connectivity index (χ1) is 5.19. The fourth-order valence-corrected chi connectivity index (χ4v) is 0.469. The molecule has 0 aromatic carbocycles. The van der Waals surface area contributed by atoms with Gasteiger partial charge in [-0.2, -0.15) is 8.78 Å². The average Bonchev–Trinajstić information content (AvgIpc) is 1.85. The van der Waals surface area contributed by atoms with Crippen LogP contribution in [0.4, 0.5) is 17.6 Å². The zero-order chi connectivity index (χ0) is 9.99. The first-order valence-corrected chi connectivity index (χ1v) is 3.70.